The van der Waals surface area contributed by atoms with E-state index >= 15 is 0 Å². The van der Waals surface area contributed by atoms with Crippen LogP contribution in [0.2, 0.25) is 5.02 Å². The SMILES string of the molecule is Cl.NC1(c2noc(-c3ccc(Br)cc3Cl)n2)CCCC1. The van der Waals surface area contributed by atoms with Crippen LogP contribution in [0, 0.1) is 0 Å². The summed E-state index contributed by atoms with van der Waals surface area (Å²) in [5.74, 6) is 1.00. The minimum absolute atomic E-state index is 0. The van der Waals surface area contributed by atoms with Gasteiger partial charge >= 0.3 is 0 Å². The normalized spacial score (nSPS) is 16.9. The number of hydrogen-bond donors (Lipinski definition) is 1. The molecular weight excluding hydrogens is 365 g/mol. The zero-order valence-electron chi connectivity index (χ0n) is 10.6. The molecule has 1 fully saturated rings. The lowest BCUT2D eigenvalue weighted by Crippen LogP contribution is -2.34. The van der Waals surface area contributed by atoms with Gasteiger partial charge in [-0.3, -0.25) is 0 Å². The highest BCUT2D eigenvalue weighted by Gasteiger charge is 2.36. The van der Waals surface area contributed by atoms with Crippen molar-refractivity contribution in [2.75, 3.05) is 0 Å². The van der Waals surface area contributed by atoms with E-state index in [0.29, 0.717) is 16.7 Å². The van der Waals surface area contributed by atoms with Gasteiger partial charge < -0.3 is 10.3 Å². The van der Waals surface area contributed by atoms with Crippen molar-refractivity contribution < 1.29 is 4.52 Å². The van der Waals surface area contributed by atoms with Crippen molar-refractivity contribution in [1.82, 2.24) is 10.1 Å². The molecule has 2 aromatic rings. The third kappa shape index (κ3) is 2.86. The molecule has 0 amide bonds. The molecular formula is C13H14BrCl2N3O. The standard InChI is InChI=1S/C13H13BrClN3O.ClH/c14-8-3-4-9(10(15)7-8)11-17-12(18-19-11)13(16)5-1-2-6-13;/h3-4,7H,1-2,5-6,16H2;1H. The number of hydrogen-bond acceptors (Lipinski definition) is 4. The van der Waals surface area contributed by atoms with Gasteiger partial charge in [-0.25, -0.2) is 0 Å². The highest BCUT2D eigenvalue weighted by molar-refractivity contribution is 9.10. The van der Waals surface area contributed by atoms with Gasteiger partial charge in [0.2, 0.25) is 0 Å². The Hall–Kier alpha value is -0.620. The molecule has 1 saturated carbocycles. The van der Waals surface area contributed by atoms with Crippen molar-refractivity contribution in [1.29, 1.82) is 0 Å². The summed E-state index contributed by atoms with van der Waals surface area (Å²) in [4.78, 5) is 4.42. The molecule has 0 spiro atoms. The molecule has 108 valence electrons. The quantitative estimate of drug-likeness (QED) is 0.845. The first kappa shape index (κ1) is 15.8. The molecule has 7 heteroatoms. The average Bonchev–Trinajstić information content (AvgIpc) is 2.99. The van der Waals surface area contributed by atoms with E-state index in [4.69, 9.17) is 21.9 Å². The maximum atomic E-state index is 6.31. The molecule has 2 N–H and O–H groups in total. The molecule has 1 aliphatic carbocycles. The molecule has 0 atom stereocenters. The van der Waals surface area contributed by atoms with E-state index in [1.165, 1.54) is 0 Å². The number of benzene rings is 1. The Morgan fingerprint density at radius 2 is 2.00 bits per heavy atom. The predicted octanol–water partition coefficient (Wildman–Crippen LogP) is 4.30. The highest BCUT2D eigenvalue weighted by Crippen LogP contribution is 2.36. The van der Waals surface area contributed by atoms with Gasteiger partial charge in [0.15, 0.2) is 5.82 Å². The van der Waals surface area contributed by atoms with Crippen molar-refractivity contribution in [3.8, 4) is 11.5 Å². The van der Waals surface area contributed by atoms with Crippen LogP contribution in [0.3, 0.4) is 0 Å². The fourth-order valence-corrected chi connectivity index (χ4v) is 3.18. The summed E-state index contributed by atoms with van der Waals surface area (Å²) < 4.78 is 6.22. The van der Waals surface area contributed by atoms with Gasteiger partial charge in [0.05, 0.1) is 16.1 Å². The fourth-order valence-electron chi connectivity index (χ4n) is 2.43. The summed E-state index contributed by atoms with van der Waals surface area (Å²) in [6.07, 6.45) is 4.03. The second-order valence-electron chi connectivity index (χ2n) is 4.91. The second-order valence-corrected chi connectivity index (χ2v) is 6.23. The molecule has 20 heavy (non-hydrogen) atoms. The van der Waals surface area contributed by atoms with E-state index in [1.54, 1.807) is 6.07 Å². The minimum atomic E-state index is -0.441. The van der Waals surface area contributed by atoms with E-state index in [1.807, 2.05) is 12.1 Å². The van der Waals surface area contributed by atoms with Crippen LogP contribution in [0.4, 0.5) is 0 Å². The summed E-state index contributed by atoms with van der Waals surface area (Å²) in [6.45, 7) is 0. The van der Waals surface area contributed by atoms with Crippen LogP contribution in [-0.4, -0.2) is 10.1 Å². The van der Waals surface area contributed by atoms with E-state index in [-0.39, 0.29) is 12.4 Å². The van der Waals surface area contributed by atoms with Crippen LogP contribution in [0.25, 0.3) is 11.5 Å². The van der Waals surface area contributed by atoms with Gasteiger partial charge in [0, 0.05) is 4.47 Å². The Morgan fingerprint density at radius 1 is 1.30 bits per heavy atom. The largest absolute Gasteiger partial charge is 0.334 e. The molecule has 4 nitrogen and oxygen atoms in total. The van der Waals surface area contributed by atoms with E-state index in [9.17, 15) is 0 Å². The Kier molecular flexibility index (Phi) is 4.74. The number of nitrogens with zero attached hydrogens (tertiary/aromatic N) is 2. The maximum absolute atomic E-state index is 6.31. The smallest absolute Gasteiger partial charge is 0.259 e. The van der Waals surface area contributed by atoms with Gasteiger partial charge in [-0.1, -0.05) is 45.5 Å². The van der Waals surface area contributed by atoms with Crippen molar-refractivity contribution in [2.24, 2.45) is 5.73 Å². The highest BCUT2D eigenvalue weighted by atomic mass is 79.9. The molecule has 1 aromatic heterocycles. The predicted molar refractivity (Wildman–Crippen MR) is 84.0 cm³/mol. The Labute approximate surface area is 136 Å². The summed E-state index contributed by atoms with van der Waals surface area (Å²) >= 11 is 9.54. The van der Waals surface area contributed by atoms with Crippen LogP contribution in [0.5, 0.6) is 0 Å². The Morgan fingerprint density at radius 3 is 2.65 bits per heavy atom. The van der Waals surface area contributed by atoms with Gasteiger partial charge in [-0.15, -0.1) is 12.4 Å². The minimum Gasteiger partial charge on any atom is -0.334 e. The lowest BCUT2D eigenvalue weighted by Gasteiger charge is -2.17. The Balaban J connectivity index is 0.00000147. The Bertz CT molecular complexity index is 611. The van der Waals surface area contributed by atoms with Gasteiger partial charge in [0.1, 0.15) is 0 Å². The molecule has 0 radical (unpaired) electrons. The molecule has 3 rings (SSSR count). The average molecular weight is 379 g/mol. The molecule has 1 aromatic carbocycles. The third-order valence-corrected chi connectivity index (χ3v) is 4.33. The summed E-state index contributed by atoms with van der Waals surface area (Å²) in [5.41, 5.74) is 6.59. The summed E-state index contributed by atoms with van der Waals surface area (Å²) in [7, 11) is 0. The van der Waals surface area contributed by atoms with Crippen LogP contribution < -0.4 is 5.73 Å². The van der Waals surface area contributed by atoms with Crippen molar-refractivity contribution in [3.63, 3.8) is 0 Å². The molecule has 1 aliphatic rings. The third-order valence-electron chi connectivity index (χ3n) is 3.53. The first-order chi connectivity index (χ1) is 9.08. The first-order valence-electron chi connectivity index (χ1n) is 6.17. The van der Waals surface area contributed by atoms with E-state index in [0.717, 1.165) is 35.7 Å². The lowest BCUT2D eigenvalue weighted by atomic mass is 9.99. The first-order valence-corrected chi connectivity index (χ1v) is 7.34. The van der Waals surface area contributed by atoms with Gasteiger partial charge in [-0.2, -0.15) is 4.98 Å². The van der Waals surface area contributed by atoms with Gasteiger partial charge in [0.25, 0.3) is 5.89 Å². The summed E-state index contributed by atoms with van der Waals surface area (Å²) in [6, 6.07) is 5.54. The molecule has 0 saturated heterocycles. The topological polar surface area (TPSA) is 64.9 Å². The zero-order valence-corrected chi connectivity index (χ0v) is 13.8. The second kappa shape index (κ2) is 6.02. The fraction of sp³-hybridized carbons (Fsp3) is 0.385. The number of rotatable bonds is 2. The molecule has 0 bridgehead atoms. The number of nitrogens with two attached hydrogens (primary N) is 1. The monoisotopic (exact) mass is 377 g/mol. The van der Waals surface area contributed by atoms with Crippen LogP contribution in [0.15, 0.2) is 27.2 Å². The van der Waals surface area contributed by atoms with Crippen LogP contribution >= 0.6 is 39.9 Å². The number of halogens is 3. The van der Waals surface area contributed by atoms with Crippen molar-refractivity contribution in [2.45, 2.75) is 31.2 Å². The van der Waals surface area contributed by atoms with Crippen LogP contribution in [-0.2, 0) is 5.54 Å². The zero-order chi connectivity index (χ0) is 13.5. The maximum Gasteiger partial charge on any atom is 0.259 e. The van der Waals surface area contributed by atoms with Crippen molar-refractivity contribution in [3.05, 3.63) is 33.5 Å². The van der Waals surface area contributed by atoms with Crippen LogP contribution in [0.1, 0.15) is 31.5 Å². The molecule has 1 heterocycles. The van der Waals surface area contributed by atoms with E-state index < -0.39 is 5.54 Å². The van der Waals surface area contributed by atoms with E-state index in [2.05, 4.69) is 26.1 Å². The lowest BCUT2D eigenvalue weighted by molar-refractivity contribution is 0.372. The number of aromatic nitrogens is 2. The van der Waals surface area contributed by atoms with Gasteiger partial charge in [-0.05, 0) is 31.0 Å². The molecule has 0 aliphatic heterocycles. The molecule has 0 unspecified atom stereocenters. The van der Waals surface area contributed by atoms with Crippen molar-refractivity contribution >= 4 is 39.9 Å². The summed E-state index contributed by atoms with van der Waals surface area (Å²) in [5, 5.41) is 4.60.